The van der Waals surface area contributed by atoms with Crippen molar-refractivity contribution >= 4 is 0 Å². The lowest BCUT2D eigenvalue weighted by atomic mass is 10.1. The van der Waals surface area contributed by atoms with Crippen LogP contribution >= 0.6 is 0 Å². The summed E-state index contributed by atoms with van der Waals surface area (Å²) in [5.74, 6) is 0. The Morgan fingerprint density at radius 3 is 3.00 bits per heavy atom. The number of aromatic nitrogens is 2. The topological polar surface area (TPSA) is 33.1 Å². The number of nitrogens with one attached hydrogen (secondary N) is 1. The highest BCUT2D eigenvalue weighted by Crippen LogP contribution is 2.12. The molecular formula is C11H20N4. The normalized spacial score (nSPS) is 28.2. The zero-order chi connectivity index (χ0) is 10.8. The van der Waals surface area contributed by atoms with E-state index in [1.54, 1.807) is 0 Å². The quantitative estimate of drug-likeness (QED) is 0.772. The first-order valence-electron chi connectivity index (χ1n) is 5.63. The zero-order valence-corrected chi connectivity index (χ0v) is 9.77. The Kier molecular flexibility index (Phi) is 3.07. The molecule has 1 aliphatic heterocycles. The minimum atomic E-state index is 0.576. The molecule has 0 aliphatic carbocycles. The van der Waals surface area contributed by atoms with E-state index in [9.17, 15) is 0 Å². The second kappa shape index (κ2) is 4.33. The molecule has 1 saturated heterocycles. The molecule has 1 aromatic heterocycles. The molecule has 2 heterocycles. The molecule has 0 spiro atoms. The summed E-state index contributed by atoms with van der Waals surface area (Å²) in [4.78, 5) is 2.51. The Labute approximate surface area is 91.3 Å². The lowest BCUT2D eigenvalue weighted by molar-refractivity contribution is 0.128. The maximum absolute atomic E-state index is 4.20. The van der Waals surface area contributed by atoms with Crippen molar-refractivity contribution in [2.24, 2.45) is 7.05 Å². The van der Waals surface area contributed by atoms with E-state index in [0.717, 1.165) is 19.6 Å². The fraction of sp³-hybridized carbons (Fsp3) is 0.727. The average Bonchev–Trinajstić information content (AvgIpc) is 2.60. The van der Waals surface area contributed by atoms with E-state index in [1.165, 1.54) is 5.69 Å². The van der Waals surface area contributed by atoms with Crippen LogP contribution in [0.15, 0.2) is 12.3 Å². The molecule has 1 N–H and O–H groups in total. The van der Waals surface area contributed by atoms with E-state index in [1.807, 2.05) is 17.9 Å². The van der Waals surface area contributed by atoms with Crippen LogP contribution in [-0.2, 0) is 13.6 Å². The van der Waals surface area contributed by atoms with Crippen molar-refractivity contribution in [2.45, 2.75) is 32.5 Å². The number of nitrogens with zero attached hydrogens (tertiary/aromatic N) is 3. The predicted molar refractivity (Wildman–Crippen MR) is 60.5 cm³/mol. The van der Waals surface area contributed by atoms with Crippen LogP contribution in [0.3, 0.4) is 0 Å². The van der Waals surface area contributed by atoms with Gasteiger partial charge in [-0.05, 0) is 19.9 Å². The first kappa shape index (κ1) is 10.6. The summed E-state index contributed by atoms with van der Waals surface area (Å²) in [6.45, 7) is 7.75. The molecule has 2 rings (SSSR count). The van der Waals surface area contributed by atoms with Gasteiger partial charge in [0.2, 0.25) is 0 Å². The Balaban J connectivity index is 2.02. The standard InChI is InChI=1S/C11H20N4/c1-9-10(2)15(7-6-12-9)8-11-4-5-13-14(11)3/h4-5,9-10,12H,6-8H2,1-3H3. The molecule has 1 aliphatic rings. The lowest BCUT2D eigenvalue weighted by Crippen LogP contribution is -2.54. The molecule has 84 valence electrons. The minimum absolute atomic E-state index is 0.576. The molecule has 0 aromatic carbocycles. The first-order valence-corrected chi connectivity index (χ1v) is 5.63. The van der Waals surface area contributed by atoms with Gasteiger partial charge in [-0.1, -0.05) is 0 Å². The molecule has 0 radical (unpaired) electrons. The van der Waals surface area contributed by atoms with Gasteiger partial charge >= 0.3 is 0 Å². The van der Waals surface area contributed by atoms with E-state index in [4.69, 9.17) is 0 Å². The van der Waals surface area contributed by atoms with Crippen molar-refractivity contribution in [3.63, 3.8) is 0 Å². The van der Waals surface area contributed by atoms with E-state index in [2.05, 4.69) is 35.2 Å². The Hall–Kier alpha value is -0.870. The number of hydrogen-bond acceptors (Lipinski definition) is 3. The van der Waals surface area contributed by atoms with Crippen molar-refractivity contribution in [1.29, 1.82) is 0 Å². The molecular weight excluding hydrogens is 188 g/mol. The molecule has 15 heavy (non-hydrogen) atoms. The molecule has 0 bridgehead atoms. The lowest BCUT2D eigenvalue weighted by Gasteiger charge is -2.38. The van der Waals surface area contributed by atoms with Crippen molar-refractivity contribution < 1.29 is 0 Å². The largest absolute Gasteiger partial charge is 0.311 e. The summed E-state index contributed by atoms with van der Waals surface area (Å²) in [6, 6.07) is 3.26. The van der Waals surface area contributed by atoms with Crippen LogP contribution in [0.5, 0.6) is 0 Å². The van der Waals surface area contributed by atoms with Crippen LogP contribution < -0.4 is 5.32 Å². The highest BCUT2D eigenvalue weighted by molar-refractivity contribution is 5.01. The van der Waals surface area contributed by atoms with Gasteiger partial charge in [0.15, 0.2) is 0 Å². The van der Waals surface area contributed by atoms with Crippen LogP contribution in [0.4, 0.5) is 0 Å². The second-order valence-corrected chi connectivity index (χ2v) is 4.40. The van der Waals surface area contributed by atoms with E-state index in [-0.39, 0.29) is 0 Å². The predicted octanol–water partition coefficient (Wildman–Crippen LogP) is 0.602. The fourth-order valence-corrected chi connectivity index (χ4v) is 2.11. The average molecular weight is 208 g/mol. The second-order valence-electron chi connectivity index (χ2n) is 4.40. The molecule has 1 aromatic rings. The van der Waals surface area contributed by atoms with Crippen molar-refractivity contribution in [3.05, 3.63) is 18.0 Å². The van der Waals surface area contributed by atoms with Gasteiger partial charge in [-0.3, -0.25) is 9.58 Å². The number of piperazine rings is 1. The smallest absolute Gasteiger partial charge is 0.0521 e. The Morgan fingerprint density at radius 2 is 2.33 bits per heavy atom. The van der Waals surface area contributed by atoms with Crippen LogP contribution in [0.25, 0.3) is 0 Å². The van der Waals surface area contributed by atoms with Crippen molar-refractivity contribution in [2.75, 3.05) is 13.1 Å². The van der Waals surface area contributed by atoms with Gasteiger partial charge in [0.25, 0.3) is 0 Å². The molecule has 4 heteroatoms. The van der Waals surface area contributed by atoms with Crippen LogP contribution in [-0.4, -0.2) is 39.9 Å². The third-order valence-electron chi connectivity index (χ3n) is 3.45. The summed E-state index contributed by atoms with van der Waals surface area (Å²) < 4.78 is 1.96. The van der Waals surface area contributed by atoms with Gasteiger partial charge in [0.1, 0.15) is 0 Å². The van der Waals surface area contributed by atoms with Gasteiger partial charge < -0.3 is 5.32 Å². The molecule has 0 amide bonds. The molecule has 2 unspecified atom stereocenters. The third-order valence-corrected chi connectivity index (χ3v) is 3.45. The monoisotopic (exact) mass is 208 g/mol. The van der Waals surface area contributed by atoms with Gasteiger partial charge in [0, 0.05) is 45.0 Å². The van der Waals surface area contributed by atoms with Crippen molar-refractivity contribution in [3.8, 4) is 0 Å². The van der Waals surface area contributed by atoms with Gasteiger partial charge in [-0.25, -0.2) is 0 Å². The summed E-state index contributed by atoms with van der Waals surface area (Å²) in [6.07, 6.45) is 1.87. The summed E-state index contributed by atoms with van der Waals surface area (Å²) in [7, 11) is 2.01. The van der Waals surface area contributed by atoms with Gasteiger partial charge in [-0.15, -0.1) is 0 Å². The molecule has 1 fully saturated rings. The van der Waals surface area contributed by atoms with Crippen molar-refractivity contribution in [1.82, 2.24) is 20.0 Å². The summed E-state index contributed by atoms with van der Waals surface area (Å²) in [5.41, 5.74) is 1.29. The van der Waals surface area contributed by atoms with E-state index >= 15 is 0 Å². The fourth-order valence-electron chi connectivity index (χ4n) is 2.11. The van der Waals surface area contributed by atoms with E-state index in [0.29, 0.717) is 12.1 Å². The molecule has 0 saturated carbocycles. The van der Waals surface area contributed by atoms with Crippen LogP contribution in [0.2, 0.25) is 0 Å². The van der Waals surface area contributed by atoms with Crippen LogP contribution in [0.1, 0.15) is 19.5 Å². The highest BCUT2D eigenvalue weighted by atomic mass is 15.3. The maximum Gasteiger partial charge on any atom is 0.0521 e. The molecule has 4 nitrogen and oxygen atoms in total. The highest BCUT2D eigenvalue weighted by Gasteiger charge is 2.24. The molecule has 2 atom stereocenters. The minimum Gasteiger partial charge on any atom is -0.311 e. The van der Waals surface area contributed by atoms with E-state index < -0.39 is 0 Å². The summed E-state index contributed by atoms with van der Waals surface area (Å²) >= 11 is 0. The summed E-state index contributed by atoms with van der Waals surface area (Å²) in [5, 5.41) is 7.69. The van der Waals surface area contributed by atoms with Gasteiger partial charge in [-0.2, -0.15) is 5.10 Å². The Morgan fingerprint density at radius 1 is 1.53 bits per heavy atom. The zero-order valence-electron chi connectivity index (χ0n) is 9.77. The third kappa shape index (κ3) is 2.21. The number of aryl methyl sites for hydroxylation is 1. The van der Waals surface area contributed by atoms with Gasteiger partial charge in [0.05, 0.1) is 5.69 Å². The first-order chi connectivity index (χ1) is 7.18. The number of hydrogen-bond donors (Lipinski definition) is 1. The SMILES string of the molecule is CC1NCCN(Cc2ccnn2C)C1C. The Bertz CT molecular complexity index is 320. The number of rotatable bonds is 2. The maximum atomic E-state index is 4.20. The van der Waals surface area contributed by atoms with Crippen LogP contribution in [0, 0.1) is 0 Å².